The van der Waals surface area contributed by atoms with Gasteiger partial charge in [0.05, 0.1) is 42.2 Å². The van der Waals surface area contributed by atoms with E-state index in [0.29, 0.717) is 50.0 Å². The molecule has 2 heterocycles. The van der Waals surface area contributed by atoms with Gasteiger partial charge in [-0.2, -0.15) is 5.26 Å². The zero-order valence-corrected chi connectivity index (χ0v) is 22.3. The smallest absolute Gasteiger partial charge is 0.338 e. The maximum Gasteiger partial charge on any atom is 0.338 e. The molecule has 38 heavy (non-hydrogen) atoms. The Morgan fingerprint density at radius 1 is 1.16 bits per heavy atom. The first-order chi connectivity index (χ1) is 18.4. The topological polar surface area (TPSA) is 112 Å². The molecule has 1 aliphatic rings. The molecule has 0 saturated carbocycles. The van der Waals surface area contributed by atoms with Crippen LogP contribution in [0.3, 0.4) is 0 Å². The van der Waals surface area contributed by atoms with Crippen molar-refractivity contribution in [2.75, 3.05) is 26.9 Å². The molecule has 2 aromatic carbocycles. The van der Waals surface area contributed by atoms with Crippen LogP contribution in [0.2, 0.25) is 0 Å². The van der Waals surface area contributed by atoms with Gasteiger partial charge < -0.3 is 18.9 Å². The van der Waals surface area contributed by atoms with Crippen LogP contribution in [0.25, 0.3) is 6.08 Å². The molecule has 1 aromatic heterocycles. The Hall–Kier alpha value is -4.36. The van der Waals surface area contributed by atoms with E-state index in [4.69, 9.17) is 24.2 Å². The normalized spacial score (nSPS) is 14.8. The van der Waals surface area contributed by atoms with Crippen molar-refractivity contribution in [2.45, 2.75) is 26.8 Å². The number of methoxy groups -OCH3 is 1. The van der Waals surface area contributed by atoms with Crippen LogP contribution in [0.5, 0.6) is 17.2 Å². The van der Waals surface area contributed by atoms with Crippen molar-refractivity contribution in [3.05, 3.63) is 84.5 Å². The number of para-hydroxylation sites is 1. The number of nitriles is 1. The van der Waals surface area contributed by atoms with Crippen molar-refractivity contribution >= 4 is 23.4 Å². The molecular weight excluding hydrogens is 506 g/mol. The number of carbonyl (C=O) groups is 1. The Kier molecular flexibility index (Phi) is 8.28. The van der Waals surface area contributed by atoms with Gasteiger partial charge in [-0.3, -0.25) is 9.36 Å². The molecule has 0 N–H and O–H groups in total. The Morgan fingerprint density at radius 3 is 2.58 bits per heavy atom. The van der Waals surface area contributed by atoms with E-state index < -0.39 is 12.0 Å². The standard InChI is InChI=1S/C28H27N3O6S/c1-5-35-20-12-10-18(11-13-20)24-23(27(33)36-6-2)17(3)30-28-31(24)26(32)22(38-28)16-19-8-7-9-21(34-4)25(19)37-15-14-29/h7-13,16,24H,5-6,15H2,1-4H3/b22-16-/t24-/m1/s1. The van der Waals surface area contributed by atoms with Crippen LogP contribution in [0.1, 0.15) is 37.9 Å². The molecule has 1 aliphatic heterocycles. The molecule has 4 rings (SSSR count). The minimum atomic E-state index is -0.734. The first-order valence-electron chi connectivity index (χ1n) is 12.0. The number of benzene rings is 2. The maximum atomic E-state index is 13.8. The first-order valence-corrected chi connectivity index (χ1v) is 12.8. The zero-order valence-electron chi connectivity index (χ0n) is 21.5. The minimum Gasteiger partial charge on any atom is -0.494 e. The molecule has 9 nitrogen and oxygen atoms in total. The summed E-state index contributed by atoms with van der Waals surface area (Å²) in [5.74, 6) is 0.954. The number of ether oxygens (including phenoxy) is 4. The summed E-state index contributed by atoms with van der Waals surface area (Å²) in [6.45, 7) is 5.90. The average molecular weight is 534 g/mol. The Morgan fingerprint density at radius 2 is 1.92 bits per heavy atom. The minimum absolute atomic E-state index is 0.178. The highest BCUT2D eigenvalue weighted by atomic mass is 32.1. The number of nitrogens with zero attached hydrogens (tertiary/aromatic N) is 3. The van der Waals surface area contributed by atoms with E-state index in [0.717, 1.165) is 5.56 Å². The lowest BCUT2D eigenvalue weighted by atomic mass is 9.96. The highest BCUT2D eigenvalue weighted by molar-refractivity contribution is 7.07. The van der Waals surface area contributed by atoms with Crippen LogP contribution in [-0.4, -0.2) is 37.5 Å². The van der Waals surface area contributed by atoms with Crippen molar-refractivity contribution in [1.82, 2.24) is 4.57 Å². The van der Waals surface area contributed by atoms with Gasteiger partial charge >= 0.3 is 5.97 Å². The second kappa shape index (κ2) is 11.8. The van der Waals surface area contributed by atoms with E-state index in [9.17, 15) is 9.59 Å². The molecule has 3 aromatic rings. The van der Waals surface area contributed by atoms with Gasteiger partial charge in [-0.1, -0.05) is 35.6 Å². The molecule has 1 atom stereocenters. The number of aromatic nitrogens is 1. The highest BCUT2D eigenvalue weighted by Gasteiger charge is 2.33. The largest absolute Gasteiger partial charge is 0.494 e. The van der Waals surface area contributed by atoms with Crippen LogP contribution in [0.15, 0.2) is 63.5 Å². The van der Waals surface area contributed by atoms with Crippen LogP contribution in [0.4, 0.5) is 0 Å². The summed E-state index contributed by atoms with van der Waals surface area (Å²) < 4.78 is 23.8. The van der Waals surface area contributed by atoms with Gasteiger partial charge in [0.25, 0.3) is 5.56 Å². The highest BCUT2D eigenvalue weighted by Crippen LogP contribution is 2.33. The van der Waals surface area contributed by atoms with Crippen molar-refractivity contribution < 1.29 is 23.7 Å². The molecule has 0 saturated heterocycles. The van der Waals surface area contributed by atoms with Crippen LogP contribution >= 0.6 is 11.3 Å². The van der Waals surface area contributed by atoms with Crippen molar-refractivity contribution in [3.8, 4) is 23.3 Å². The molecule has 196 valence electrons. The van der Waals surface area contributed by atoms with E-state index in [1.165, 1.54) is 23.0 Å². The van der Waals surface area contributed by atoms with Crippen LogP contribution in [-0.2, 0) is 9.53 Å². The fourth-order valence-corrected chi connectivity index (χ4v) is 5.26. The SMILES string of the molecule is CCOC(=O)C1=C(C)N=c2s/c(=C\c3cccc(OC)c3OCC#N)c(=O)n2[C@@H]1c1ccc(OCC)cc1. The lowest BCUT2D eigenvalue weighted by Crippen LogP contribution is -2.39. The summed E-state index contributed by atoms with van der Waals surface area (Å²) in [5.41, 5.74) is 1.75. The predicted molar refractivity (Wildman–Crippen MR) is 142 cm³/mol. The molecule has 0 amide bonds. The van der Waals surface area contributed by atoms with E-state index in [2.05, 4.69) is 4.99 Å². The third-order valence-corrected chi connectivity index (χ3v) is 6.80. The third kappa shape index (κ3) is 5.19. The fourth-order valence-electron chi connectivity index (χ4n) is 4.23. The van der Waals surface area contributed by atoms with E-state index >= 15 is 0 Å². The Balaban J connectivity index is 1.92. The van der Waals surface area contributed by atoms with Gasteiger partial charge in [0, 0.05) is 5.56 Å². The summed E-state index contributed by atoms with van der Waals surface area (Å²) in [6.07, 6.45) is 1.68. The van der Waals surface area contributed by atoms with Crippen LogP contribution in [0, 0.1) is 11.3 Å². The van der Waals surface area contributed by atoms with Crippen molar-refractivity contribution in [1.29, 1.82) is 5.26 Å². The first kappa shape index (κ1) is 26.7. The number of allylic oxidation sites excluding steroid dienone is 1. The Labute approximate surface area is 223 Å². The molecule has 10 heteroatoms. The monoisotopic (exact) mass is 533 g/mol. The number of carbonyl (C=O) groups excluding carboxylic acids is 1. The summed E-state index contributed by atoms with van der Waals surface area (Å²) in [6, 6.07) is 13.8. The lowest BCUT2D eigenvalue weighted by molar-refractivity contribution is -0.139. The van der Waals surface area contributed by atoms with E-state index in [-0.39, 0.29) is 18.8 Å². The summed E-state index contributed by atoms with van der Waals surface area (Å²) in [4.78, 5) is 31.9. The van der Waals surface area contributed by atoms with Gasteiger partial charge in [-0.25, -0.2) is 9.79 Å². The summed E-state index contributed by atoms with van der Waals surface area (Å²) in [5, 5.41) is 9.00. The number of rotatable bonds is 9. The van der Waals surface area contributed by atoms with Gasteiger partial charge in [0.15, 0.2) is 22.9 Å². The Bertz CT molecular complexity index is 1600. The molecule has 0 radical (unpaired) electrons. The summed E-state index contributed by atoms with van der Waals surface area (Å²) >= 11 is 1.20. The molecule has 0 fully saturated rings. The number of fused-ring (bicyclic) bond motifs is 1. The van der Waals surface area contributed by atoms with Crippen molar-refractivity contribution in [2.24, 2.45) is 4.99 Å². The average Bonchev–Trinajstić information content (AvgIpc) is 3.21. The van der Waals surface area contributed by atoms with E-state index in [1.807, 2.05) is 37.3 Å². The molecule has 0 aliphatic carbocycles. The van der Waals surface area contributed by atoms with Gasteiger partial charge in [0.1, 0.15) is 11.8 Å². The third-order valence-electron chi connectivity index (χ3n) is 5.82. The summed E-state index contributed by atoms with van der Waals surface area (Å²) in [7, 11) is 1.50. The number of hydrogen-bond acceptors (Lipinski definition) is 9. The van der Waals surface area contributed by atoms with E-state index in [1.54, 1.807) is 38.1 Å². The molecule has 0 unspecified atom stereocenters. The van der Waals surface area contributed by atoms with Gasteiger partial charge in [-0.05, 0) is 50.6 Å². The van der Waals surface area contributed by atoms with Gasteiger partial charge in [-0.15, -0.1) is 0 Å². The second-order valence-electron chi connectivity index (χ2n) is 8.13. The second-order valence-corrected chi connectivity index (χ2v) is 9.14. The number of esters is 1. The molecular formula is C28H27N3O6S. The maximum absolute atomic E-state index is 13.8. The zero-order chi connectivity index (χ0) is 27.2. The predicted octanol–water partition coefficient (Wildman–Crippen LogP) is 3.11. The molecule has 0 spiro atoms. The van der Waals surface area contributed by atoms with Crippen molar-refractivity contribution in [3.63, 3.8) is 0 Å². The quantitative estimate of drug-likeness (QED) is 0.389. The molecule has 0 bridgehead atoms. The van der Waals surface area contributed by atoms with Gasteiger partial charge in [0.2, 0.25) is 0 Å². The number of hydrogen-bond donors (Lipinski definition) is 0. The number of thiazole rings is 1. The lowest BCUT2D eigenvalue weighted by Gasteiger charge is -2.24. The van der Waals surface area contributed by atoms with Crippen LogP contribution < -0.4 is 29.1 Å². The fraction of sp³-hybridized carbons (Fsp3) is 0.286.